The van der Waals surface area contributed by atoms with E-state index in [0.717, 1.165) is 10.5 Å². The summed E-state index contributed by atoms with van der Waals surface area (Å²) in [6, 6.07) is 16.2. The number of thioether (sulfide) groups is 1. The van der Waals surface area contributed by atoms with E-state index in [-0.39, 0.29) is 23.6 Å². The Balaban J connectivity index is 1.99. The van der Waals surface area contributed by atoms with Crippen LogP contribution >= 0.6 is 11.8 Å². The van der Waals surface area contributed by atoms with Crippen molar-refractivity contribution < 1.29 is 14.3 Å². The van der Waals surface area contributed by atoms with Crippen LogP contribution in [-0.2, 0) is 9.53 Å². The number of ether oxygens (including phenoxy) is 1. The average molecular weight is 398 g/mol. The molecule has 1 unspecified atom stereocenters. The fourth-order valence-corrected chi connectivity index (χ4v) is 3.35. The minimum atomic E-state index is -0.212. The molecule has 0 saturated carbocycles. The fourth-order valence-electron chi connectivity index (χ4n) is 2.47. The molecule has 0 fully saturated rings. The number of hydrogen-bond donors (Lipinski definition) is 2. The van der Waals surface area contributed by atoms with E-state index in [9.17, 15) is 9.59 Å². The second-order valence-corrected chi connectivity index (χ2v) is 7.07. The first kappa shape index (κ1) is 21.5. The number of amides is 2. The summed E-state index contributed by atoms with van der Waals surface area (Å²) >= 11 is 1.32. The first-order valence-corrected chi connectivity index (χ1v) is 9.82. The molecule has 0 spiro atoms. The summed E-state index contributed by atoms with van der Waals surface area (Å²) in [5.74, 6) is -0.0953. The van der Waals surface area contributed by atoms with Crippen LogP contribution in [0.5, 0.6) is 0 Å². The van der Waals surface area contributed by atoms with Gasteiger partial charge in [-0.15, -0.1) is 11.8 Å². The van der Waals surface area contributed by atoms with Gasteiger partial charge in [0.2, 0.25) is 5.91 Å². The van der Waals surface area contributed by atoms with Gasteiger partial charge in [0.25, 0.3) is 5.91 Å². The maximum Gasteiger partial charge on any atom is 0.252 e. The Morgan fingerprint density at radius 2 is 1.89 bits per heavy atom. The molecule has 0 heterocycles. The van der Waals surface area contributed by atoms with E-state index >= 15 is 0 Å². The zero-order valence-electron chi connectivity index (χ0n) is 15.9. The summed E-state index contributed by atoms with van der Waals surface area (Å²) in [6.45, 7) is 2.81. The molecule has 28 heavy (non-hydrogen) atoms. The maximum atomic E-state index is 12.7. The van der Waals surface area contributed by atoms with Gasteiger partial charge < -0.3 is 15.4 Å². The van der Waals surface area contributed by atoms with Gasteiger partial charge in [-0.25, -0.2) is 0 Å². The number of carbonyl (C=O) groups is 2. The Kier molecular flexibility index (Phi) is 8.53. The highest BCUT2D eigenvalue weighted by atomic mass is 32.2. The Hall–Kier alpha value is -2.82. The molecule has 0 aliphatic carbocycles. The molecule has 2 aromatic rings. The lowest BCUT2D eigenvalue weighted by atomic mass is 10.1. The van der Waals surface area contributed by atoms with Crippen LogP contribution in [0.3, 0.4) is 0 Å². The summed E-state index contributed by atoms with van der Waals surface area (Å²) < 4.78 is 4.90. The van der Waals surface area contributed by atoms with Gasteiger partial charge in [-0.05, 0) is 36.8 Å². The molecule has 0 aliphatic rings. The maximum absolute atomic E-state index is 12.7. The SMILES string of the molecule is COCCNC(=O)CSc1ccccc1C(=O)NC(C)c1ccc(C#N)cc1. The van der Waals surface area contributed by atoms with Crippen molar-refractivity contribution in [1.29, 1.82) is 5.26 Å². The first-order chi connectivity index (χ1) is 13.5. The van der Waals surface area contributed by atoms with Crippen LogP contribution in [0.15, 0.2) is 53.4 Å². The Labute approximate surface area is 169 Å². The van der Waals surface area contributed by atoms with Crippen molar-refractivity contribution in [3.8, 4) is 6.07 Å². The average Bonchev–Trinajstić information content (AvgIpc) is 2.72. The van der Waals surface area contributed by atoms with Crippen LogP contribution in [-0.4, -0.2) is 37.8 Å². The van der Waals surface area contributed by atoms with Crippen molar-refractivity contribution in [1.82, 2.24) is 10.6 Å². The lowest BCUT2D eigenvalue weighted by Gasteiger charge is -2.16. The molecular formula is C21H23N3O3S. The highest BCUT2D eigenvalue weighted by Gasteiger charge is 2.15. The van der Waals surface area contributed by atoms with Crippen LogP contribution < -0.4 is 10.6 Å². The van der Waals surface area contributed by atoms with E-state index < -0.39 is 0 Å². The molecule has 7 heteroatoms. The Morgan fingerprint density at radius 3 is 2.57 bits per heavy atom. The van der Waals surface area contributed by atoms with E-state index in [1.807, 2.05) is 31.2 Å². The fraction of sp³-hybridized carbons (Fsp3) is 0.286. The molecule has 2 N–H and O–H groups in total. The molecule has 0 radical (unpaired) electrons. The largest absolute Gasteiger partial charge is 0.383 e. The van der Waals surface area contributed by atoms with E-state index in [2.05, 4.69) is 16.7 Å². The van der Waals surface area contributed by atoms with Crippen LogP contribution in [0.1, 0.15) is 34.5 Å². The molecule has 0 aromatic heterocycles. The molecule has 2 amide bonds. The van der Waals surface area contributed by atoms with Gasteiger partial charge >= 0.3 is 0 Å². The third-order valence-corrected chi connectivity index (χ3v) is 5.08. The molecule has 0 aliphatic heterocycles. The topological polar surface area (TPSA) is 91.2 Å². The van der Waals surface area contributed by atoms with Crippen LogP contribution in [0, 0.1) is 11.3 Å². The molecule has 6 nitrogen and oxygen atoms in total. The van der Waals surface area contributed by atoms with E-state index in [1.54, 1.807) is 31.4 Å². The molecule has 0 bridgehead atoms. The van der Waals surface area contributed by atoms with Gasteiger partial charge in [-0.3, -0.25) is 9.59 Å². The van der Waals surface area contributed by atoms with Gasteiger partial charge in [-0.2, -0.15) is 5.26 Å². The number of nitriles is 1. The zero-order valence-corrected chi connectivity index (χ0v) is 16.7. The number of carbonyl (C=O) groups excluding carboxylic acids is 2. The van der Waals surface area contributed by atoms with Crippen molar-refractivity contribution in [3.63, 3.8) is 0 Å². The van der Waals surface area contributed by atoms with Gasteiger partial charge in [-0.1, -0.05) is 24.3 Å². The normalized spacial score (nSPS) is 11.3. The van der Waals surface area contributed by atoms with Crippen LogP contribution in [0.4, 0.5) is 0 Å². The third kappa shape index (κ3) is 6.41. The predicted octanol–water partition coefficient (Wildman–Crippen LogP) is 2.90. The summed E-state index contributed by atoms with van der Waals surface area (Å²) in [6.07, 6.45) is 0. The number of benzene rings is 2. The second-order valence-electron chi connectivity index (χ2n) is 6.06. The molecular weight excluding hydrogens is 374 g/mol. The molecule has 2 rings (SSSR count). The summed E-state index contributed by atoms with van der Waals surface area (Å²) in [7, 11) is 1.58. The predicted molar refractivity (Wildman–Crippen MR) is 109 cm³/mol. The lowest BCUT2D eigenvalue weighted by molar-refractivity contribution is -0.118. The minimum Gasteiger partial charge on any atom is -0.383 e. The number of nitrogens with zero attached hydrogens (tertiary/aromatic N) is 1. The monoisotopic (exact) mass is 397 g/mol. The number of methoxy groups -OCH3 is 1. The first-order valence-electron chi connectivity index (χ1n) is 8.83. The van der Waals surface area contributed by atoms with Crippen LogP contribution in [0.2, 0.25) is 0 Å². The van der Waals surface area contributed by atoms with E-state index in [4.69, 9.17) is 10.00 Å². The van der Waals surface area contributed by atoms with Crippen molar-refractivity contribution >= 4 is 23.6 Å². The van der Waals surface area contributed by atoms with Crippen molar-refractivity contribution in [2.45, 2.75) is 17.9 Å². The van der Waals surface area contributed by atoms with Gasteiger partial charge in [0.1, 0.15) is 0 Å². The quantitative estimate of drug-likeness (QED) is 0.501. The minimum absolute atomic E-state index is 0.108. The Bertz CT molecular complexity index is 847. The lowest BCUT2D eigenvalue weighted by Crippen LogP contribution is -2.29. The smallest absolute Gasteiger partial charge is 0.252 e. The van der Waals surface area contributed by atoms with Gasteiger partial charge in [0.05, 0.1) is 35.6 Å². The second kappa shape index (κ2) is 11.1. The Morgan fingerprint density at radius 1 is 1.18 bits per heavy atom. The number of nitrogens with one attached hydrogen (secondary N) is 2. The van der Waals surface area contributed by atoms with Crippen molar-refractivity contribution in [2.24, 2.45) is 0 Å². The van der Waals surface area contributed by atoms with Crippen molar-refractivity contribution in [2.75, 3.05) is 26.0 Å². The summed E-state index contributed by atoms with van der Waals surface area (Å²) in [4.78, 5) is 25.4. The standard InChI is InChI=1S/C21H23N3O3S/c1-15(17-9-7-16(13-22)8-10-17)24-21(26)18-5-3-4-6-19(18)28-14-20(25)23-11-12-27-2/h3-10,15H,11-12,14H2,1-2H3,(H,23,25)(H,24,26). The molecule has 1 atom stereocenters. The van der Waals surface area contributed by atoms with E-state index in [1.165, 1.54) is 11.8 Å². The summed E-state index contributed by atoms with van der Waals surface area (Å²) in [5, 5.41) is 14.6. The van der Waals surface area contributed by atoms with E-state index in [0.29, 0.717) is 24.3 Å². The van der Waals surface area contributed by atoms with Crippen LogP contribution in [0.25, 0.3) is 0 Å². The molecule has 0 saturated heterocycles. The number of hydrogen-bond acceptors (Lipinski definition) is 5. The third-order valence-electron chi connectivity index (χ3n) is 4.01. The molecule has 2 aromatic carbocycles. The highest BCUT2D eigenvalue weighted by molar-refractivity contribution is 8.00. The molecule has 146 valence electrons. The van der Waals surface area contributed by atoms with Gasteiger partial charge in [0.15, 0.2) is 0 Å². The highest BCUT2D eigenvalue weighted by Crippen LogP contribution is 2.23. The zero-order chi connectivity index (χ0) is 20.4. The van der Waals surface area contributed by atoms with Crippen molar-refractivity contribution in [3.05, 3.63) is 65.2 Å². The number of rotatable bonds is 9. The summed E-state index contributed by atoms with van der Waals surface area (Å²) in [5.41, 5.74) is 2.01. The van der Waals surface area contributed by atoms with Gasteiger partial charge in [0, 0.05) is 18.6 Å².